The number of nitrogens with zero attached hydrogens (tertiary/aromatic N) is 6. The van der Waals surface area contributed by atoms with E-state index in [0.29, 0.717) is 23.8 Å². The first kappa shape index (κ1) is 25.9. The highest BCUT2D eigenvalue weighted by Gasteiger charge is 2.34. The number of hydrogen-bond donors (Lipinski definition) is 2. The monoisotopic (exact) mass is 551 g/mol. The Kier molecular flexibility index (Phi) is 6.71. The van der Waals surface area contributed by atoms with E-state index in [1.165, 1.54) is 22.1 Å². The SMILES string of the molecule is C[C@@H]1CN(C(=O)c2ccc(-n3ncnc3[C@H](C)Nc3nc4cc(C(F)(F)F)c(Cl)cc4o3)nc2)C[C@H](O)O1. The van der Waals surface area contributed by atoms with Crippen molar-refractivity contribution in [1.82, 2.24) is 29.6 Å². The highest BCUT2D eigenvalue weighted by molar-refractivity contribution is 6.32. The third-order valence-corrected chi connectivity index (χ3v) is 6.14. The lowest BCUT2D eigenvalue weighted by molar-refractivity contribution is -0.169. The highest BCUT2D eigenvalue weighted by Crippen LogP contribution is 2.37. The van der Waals surface area contributed by atoms with E-state index in [9.17, 15) is 23.1 Å². The molecule has 4 heterocycles. The van der Waals surface area contributed by atoms with Crippen molar-refractivity contribution in [2.75, 3.05) is 18.4 Å². The number of carbonyl (C=O) groups is 1. The fraction of sp³-hybridized carbons (Fsp3) is 0.348. The summed E-state index contributed by atoms with van der Waals surface area (Å²) in [6.45, 7) is 3.89. The maximum atomic E-state index is 13.2. The number of anilines is 1. The zero-order valence-corrected chi connectivity index (χ0v) is 20.7. The summed E-state index contributed by atoms with van der Waals surface area (Å²) in [6, 6.07) is 4.48. The minimum Gasteiger partial charge on any atom is -0.423 e. The molecule has 2 N–H and O–H groups in total. The second-order valence-corrected chi connectivity index (χ2v) is 9.14. The lowest BCUT2D eigenvalue weighted by Gasteiger charge is -2.34. The molecule has 1 amide bonds. The molecule has 0 spiro atoms. The molecule has 38 heavy (non-hydrogen) atoms. The summed E-state index contributed by atoms with van der Waals surface area (Å²) in [5.41, 5.74) is -0.608. The number of benzene rings is 1. The van der Waals surface area contributed by atoms with Gasteiger partial charge in [-0.05, 0) is 32.0 Å². The average Bonchev–Trinajstić information content (AvgIpc) is 3.48. The molecule has 0 aliphatic carbocycles. The predicted octanol–water partition coefficient (Wildman–Crippen LogP) is 3.83. The van der Waals surface area contributed by atoms with Crippen LogP contribution in [0.1, 0.15) is 41.6 Å². The van der Waals surface area contributed by atoms with Crippen molar-refractivity contribution in [2.24, 2.45) is 0 Å². The largest absolute Gasteiger partial charge is 0.423 e. The minimum absolute atomic E-state index is 0.0120. The molecule has 5 rings (SSSR count). The van der Waals surface area contributed by atoms with Crippen LogP contribution >= 0.6 is 11.6 Å². The number of hydrogen-bond acceptors (Lipinski definition) is 9. The number of morpholine rings is 1. The number of β-amino-alcohol motifs (C(OH)–C–C–N with tert-alkyl or cyclic N) is 1. The molecule has 0 radical (unpaired) electrons. The van der Waals surface area contributed by atoms with Crippen molar-refractivity contribution in [1.29, 1.82) is 0 Å². The Morgan fingerprint density at radius 2 is 2.05 bits per heavy atom. The summed E-state index contributed by atoms with van der Waals surface area (Å²) in [4.78, 5) is 27.0. The van der Waals surface area contributed by atoms with Crippen molar-refractivity contribution < 1.29 is 32.2 Å². The maximum absolute atomic E-state index is 13.2. The topological polar surface area (TPSA) is 131 Å². The molecule has 3 aromatic heterocycles. The highest BCUT2D eigenvalue weighted by atomic mass is 35.5. The van der Waals surface area contributed by atoms with Gasteiger partial charge in [0.15, 0.2) is 23.5 Å². The van der Waals surface area contributed by atoms with E-state index in [0.717, 1.165) is 12.1 Å². The molecule has 1 aliphatic rings. The zero-order valence-electron chi connectivity index (χ0n) is 20.0. The number of fused-ring (bicyclic) bond motifs is 1. The fourth-order valence-corrected chi connectivity index (χ4v) is 4.37. The first-order chi connectivity index (χ1) is 18.0. The number of halogens is 4. The fourth-order valence-electron chi connectivity index (χ4n) is 4.11. The summed E-state index contributed by atoms with van der Waals surface area (Å²) < 4.78 is 51.7. The molecular weight excluding hydrogens is 531 g/mol. The molecule has 15 heteroatoms. The van der Waals surface area contributed by atoms with E-state index in [1.54, 1.807) is 26.0 Å². The van der Waals surface area contributed by atoms with Gasteiger partial charge in [0, 0.05) is 18.8 Å². The molecule has 1 aliphatic heterocycles. The maximum Gasteiger partial charge on any atom is 0.417 e. The normalized spacial score (nSPS) is 19.1. The van der Waals surface area contributed by atoms with E-state index in [2.05, 4.69) is 25.4 Å². The summed E-state index contributed by atoms with van der Waals surface area (Å²) in [5, 5.41) is 16.4. The Morgan fingerprint density at radius 3 is 2.74 bits per heavy atom. The van der Waals surface area contributed by atoms with Crippen LogP contribution in [0.15, 0.2) is 41.2 Å². The van der Waals surface area contributed by atoms with Gasteiger partial charge in [0.1, 0.15) is 11.8 Å². The van der Waals surface area contributed by atoms with Gasteiger partial charge in [0.2, 0.25) is 0 Å². The van der Waals surface area contributed by atoms with Crippen LogP contribution in [0.25, 0.3) is 16.9 Å². The first-order valence-corrected chi connectivity index (χ1v) is 11.8. The minimum atomic E-state index is -4.63. The van der Waals surface area contributed by atoms with Crippen molar-refractivity contribution in [3.8, 4) is 5.82 Å². The van der Waals surface area contributed by atoms with Crippen LogP contribution in [-0.4, -0.2) is 66.1 Å². The number of carbonyl (C=O) groups excluding carboxylic acids is 1. The molecular formula is C23H21ClF3N7O4. The van der Waals surface area contributed by atoms with Gasteiger partial charge in [-0.25, -0.2) is 9.97 Å². The Balaban J connectivity index is 1.33. The van der Waals surface area contributed by atoms with Gasteiger partial charge >= 0.3 is 6.18 Å². The molecule has 1 aromatic carbocycles. The van der Waals surface area contributed by atoms with Crippen LogP contribution in [0.4, 0.5) is 19.2 Å². The summed E-state index contributed by atoms with van der Waals surface area (Å²) >= 11 is 5.76. The Bertz CT molecular complexity index is 1460. The third kappa shape index (κ3) is 5.14. The van der Waals surface area contributed by atoms with Gasteiger partial charge in [-0.3, -0.25) is 4.79 Å². The average molecular weight is 552 g/mol. The molecule has 1 saturated heterocycles. The Hall–Kier alpha value is -3.75. The molecule has 11 nitrogen and oxygen atoms in total. The molecule has 4 aromatic rings. The van der Waals surface area contributed by atoms with Crippen LogP contribution in [0, 0.1) is 0 Å². The number of aromatic nitrogens is 5. The number of ether oxygens (including phenoxy) is 1. The second kappa shape index (κ2) is 9.85. The number of alkyl halides is 3. The van der Waals surface area contributed by atoms with Gasteiger partial charge in [0.25, 0.3) is 11.9 Å². The van der Waals surface area contributed by atoms with Crippen molar-refractivity contribution >= 4 is 34.6 Å². The molecule has 200 valence electrons. The molecule has 0 saturated carbocycles. The van der Waals surface area contributed by atoms with Crippen LogP contribution in [0.3, 0.4) is 0 Å². The van der Waals surface area contributed by atoms with Crippen LogP contribution in [0.5, 0.6) is 0 Å². The number of oxazole rings is 1. The van der Waals surface area contributed by atoms with Gasteiger partial charge in [-0.15, -0.1) is 0 Å². The number of pyridine rings is 1. The Morgan fingerprint density at radius 1 is 1.26 bits per heavy atom. The number of amides is 1. The standard InChI is InChI=1S/C23H21ClF3N7O4/c1-11-8-33(9-19(35)37-11)21(36)13-3-4-18(28-7-13)34-20(29-10-30-34)12(2)31-22-32-16-5-14(23(25,26)27)15(24)6-17(16)38-22/h3-7,10-12,19,35H,8-9H2,1-2H3,(H,31,32)/t11-,12+,19-/m1/s1. The number of aliphatic hydroxyl groups is 1. The number of nitrogens with one attached hydrogen (secondary N) is 1. The van der Waals surface area contributed by atoms with E-state index in [1.807, 2.05) is 0 Å². The smallest absolute Gasteiger partial charge is 0.417 e. The van der Waals surface area contributed by atoms with Gasteiger partial charge in [0.05, 0.1) is 34.8 Å². The number of rotatable bonds is 5. The third-order valence-electron chi connectivity index (χ3n) is 5.83. The van der Waals surface area contributed by atoms with Gasteiger partial charge in [-0.2, -0.15) is 27.9 Å². The lowest BCUT2D eigenvalue weighted by atomic mass is 10.2. The van der Waals surface area contributed by atoms with E-state index in [-0.39, 0.29) is 35.7 Å². The Labute approximate surface area is 218 Å². The molecule has 3 atom stereocenters. The van der Waals surface area contributed by atoms with E-state index in [4.69, 9.17) is 20.8 Å². The zero-order chi connectivity index (χ0) is 27.2. The van der Waals surface area contributed by atoms with Crippen molar-refractivity contribution in [3.63, 3.8) is 0 Å². The van der Waals surface area contributed by atoms with Crippen molar-refractivity contribution in [2.45, 2.75) is 38.5 Å². The van der Waals surface area contributed by atoms with Crippen LogP contribution in [-0.2, 0) is 10.9 Å². The van der Waals surface area contributed by atoms with Gasteiger partial charge in [-0.1, -0.05) is 11.6 Å². The van der Waals surface area contributed by atoms with E-state index < -0.39 is 29.1 Å². The van der Waals surface area contributed by atoms with E-state index >= 15 is 0 Å². The summed E-state index contributed by atoms with van der Waals surface area (Å²) in [5.74, 6) is 0.479. The molecule has 0 unspecified atom stereocenters. The molecule has 1 fully saturated rings. The first-order valence-electron chi connectivity index (χ1n) is 11.4. The number of aliphatic hydroxyl groups excluding tert-OH is 1. The predicted molar refractivity (Wildman–Crippen MR) is 128 cm³/mol. The van der Waals surface area contributed by atoms with Crippen molar-refractivity contribution in [3.05, 3.63) is 58.8 Å². The summed E-state index contributed by atoms with van der Waals surface area (Å²) in [7, 11) is 0. The molecule has 0 bridgehead atoms. The second-order valence-electron chi connectivity index (χ2n) is 8.73. The summed E-state index contributed by atoms with van der Waals surface area (Å²) in [6.07, 6.45) is -3.27. The van der Waals surface area contributed by atoms with Crippen LogP contribution in [0.2, 0.25) is 5.02 Å². The van der Waals surface area contributed by atoms with Crippen LogP contribution < -0.4 is 5.32 Å². The van der Waals surface area contributed by atoms with Gasteiger partial charge < -0.3 is 24.5 Å². The lowest BCUT2D eigenvalue weighted by Crippen LogP contribution is -2.49. The quantitative estimate of drug-likeness (QED) is 0.380.